The van der Waals surface area contributed by atoms with Gasteiger partial charge in [-0.2, -0.15) is 8.78 Å². The van der Waals surface area contributed by atoms with Gasteiger partial charge in [0.05, 0.1) is 12.2 Å². The maximum atomic E-state index is 13.0. The number of carbonyl (C=O) groups excluding carboxylic acids is 1. The second-order valence-electron chi connectivity index (χ2n) is 2.74. The molecular formula is C10H9F3O3. The van der Waals surface area contributed by atoms with Gasteiger partial charge in [-0.25, -0.2) is 9.18 Å². The first-order valence-electron chi connectivity index (χ1n) is 4.46. The maximum Gasteiger partial charge on any atom is 0.387 e. The molecule has 0 aliphatic carbocycles. The van der Waals surface area contributed by atoms with Gasteiger partial charge in [0.15, 0.2) is 11.6 Å². The van der Waals surface area contributed by atoms with Gasteiger partial charge in [0.25, 0.3) is 0 Å². The Labute approximate surface area is 89.8 Å². The van der Waals surface area contributed by atoms with E-state index in [9.17, 15) is 18.0 Å². The van der Waals surface area contributed by atoms with Gasteiger partial charge < -0.3 is 9.47 Å². The minimum atomic E-state index is -3.15. The Hall–Kier alpha value is -1.72. The Morgan fingerprint density at radius 2 is 2.12 bits per heavy atom. The highest BCUT2D eigenvalue weighted by molar-refractivity contribution is 5.89. The lowest BCUT2D eigenvalue weighted by Crippen LogP contribution is -2.08. The molecule has 0 atom stereocenters. The van der Waals surface area contributed by atoms with Crippen LogP contribution in [0.25, 0.3) is 0 Å². The van der Waals surface area contributed by atoms with Crippen molar-refractivity contribution in [2.75, 3.05) is 6.61 Å². The Morgan fingerprint density at radius 3 is 2.69 bits per heavy atom. The molecule has 3 nitrogen and oxygen atoms in total. The molecule has 0 spiro atoms. The van der Waals surface area contributed by atoms with Crippen molar-refractivity contribution in [1.82, 2.24) is 0 Å². The second kappa shape index (κ2) is 5.39. The number of hydrogen-bond donors (Lipinski definition) is 0. The van der Waals surface area contributed by atoms with Crippen LogP contribution in [0.4, 0.5) is 13.2 Å². The van der Waals surface area contributed by atoms with Crippen molar-refractivity contribution < 1.29 is 27.4 Å². The van der Waals surface area contributed by atoms with E-state index in [0.717, 1.165) is 18.2 Å². The monoisotopic (exact) mass is 234 g/mol. The van der Waals surface area contributed by atoms with E-state index in [4.69, 9.17) is 0 Å². The van der Waals surface area contributed by atoms with E-state index in [2.05, 4.69) is 9.47 Å². The van der Waals surface area contributed by atoms with E-state index in [0.29, 0.717) is 0 Å². The van der Waals surface area contributed by atoms with Gasteiger partial charge in [0.1, 0.15) is 0 Å². The van der Waals surface area contributed by atoms with E-state index < -0.39 is 24.1 Å². The van der Waals surface area contributed by atoms with E-state index in [1.54, 1.807) is 6.92 Å². The molecule has 88 valence electrons. The second-order valence-corrected chi connectivity index (χ2v) is 2.74. The molecule has 0 amide bonds. The smallest absolute Gasteiger partial charge is 0.387 e. The largest absolute Gasteiger partial charge is 0.462 e. The zero-order valence-corrected chi connectivity index (χ0v) is 8.38. The van der Waals surface area contributed by atoms with E-state index in [1.807, 2.05) is 0 Å². The quantitative estimate of drug-likeness (QED) is 0.751. The standard InChI is InChI=1S/C10H9F3O3/c1-2-15-9(14)6-3-4-7(11)8(5-6)16-10(12)13/h3-5,10H,2H2,1H3. The van der Waals surface area contributed by atoms with E-state index in [-0.39, 0.29) is 12.2 Å². The van der Waals surface area contributed by atoms with Crippen LogP contribution in [0.1, 0.15) is 17.3 Å². The van der Waals surface area contributed by atoms with Crippen LogP contribution >= 0.6 is 0 Å². The Kier molecular flexibility index (Phi) is 4.16. The first kappa shape index (κ1) is 12.4. The van der Waals surface area contributed by atoms with Gasteiger partial charge in [0, 0.05) is 0 Å². The summed E-state index contributed by atoms with van der Waals surface area (Å²) < 4.78 is 45.2. The zero-order chi connectivity index (χ0) is 12.1. The topological polar surface area (TPSA) is 35.5 Å². The van der Waals surface area contributed by atoms with Crippen LogP contribution in [-0.2, 0) is 4.74 Å². The van der Waals surface area contributed by atoms with Gasteiger partial charge in [0.2, 0.25) is 0 Å². The molecule has 0 saturated carbocycles. The highest BCUT2D eigenvalue weighted by Gasteiger charge is 2.14. The van der Waals surface area contributed by atoms with Crippen LogP contribution < -0.4 is 4.74 Å². The fraction of sp³-hybridized carbons (Fsp3) is 0.300. The van der Waals surface area contributed by atoms with Crippen LogP contribution in [0.15, 0.2) is 18.2 Å². The first-order valence-corrected chi connectivity index (χ1v) is 4.46. The highest BCUT2D eigenvalue weighted by Crippen LogP contribution is 2.21. The van der Waals surface area contributed by atoms with E-state index in [1.165, 1.54) is 0 Å². The summed E-state index contributed by atoms with van der Waals surface area (Å²) in [5.41, 5.74) is -0.0427. The molecule has 0 aliphatic heterocycles. The van der Waals surface area contributed by atoms with Crippen LogP contribution in [0.3, 0.4) is 0 Å². The molecule has 0 saturated heterocycles. The molecule has 0 aromatic heterocycles. The normalized spacial score (nSPS) is 10.3. The van der Waals surface area contributed by atoms with Crippen molar-refractivity contribution in [1.29, 1.82) is 0 Å². The Balaban J connectivity index is 2.93. The summed E-state index contributed by atoms with van der Waals surface area (Å²) in [5, 5.41) is 0. The Bertz CT molecular complexity index is 380. The average molecular weight is 234 g/mol. The zero-order valence-electron chi connectivity index (χ0n) is 8.38. The number of hydrogen-bond acceptors (Lipinski definition) is 3. The van der Waals surface area contributed by atoms with Gasteiger partial charge in [-0.15, -0.1) is 0 Å². The lowest BCUT2D eigenvalue weighted by molar-refractivity contribution is -0.0522. The van der Waals surface area contributed by atoms with Gasteiger partial charge in [-0.05, 0) is 25.1 Å². The molecule has 0 unspecified atom stereocenters. The number of benzene rings is 1. The van der Waals surface area contributed by atoms with Crippen molar-refractivity contribution in [2.24, 2.45) is 0 Å². The molecule has 1 aromatic carbocycles. The van der Waals surface area contributed by atoms with Crippen molar-refractivity contribution in [2.45, 2.75) is 13.5 Å². The SMILES string of the molecule is CCOC(=O)c1ccc(F)c(OC(F)F)c1. The number of rotatable bonds is 4. The summed E-state index contributed by atoms with van der Waals surface area (Å²) in [4.78, 5) is 11.2. The average Bonchev–Trinajstić information content (AvgIpc) is 2.21. The van der Waals surface area contributed by atoms with Crippen molar-refractivity contribution in [3.05, 3.63) is 29.6 Å². The summed E-state index contributed by atoms with van der Waals surface area (Å²) in [7, 11) is 0. The van der Waals surface area contributed by atoms with Gasteiger partial charge in [-0.1, -0.05) is 0 Å². The lowest BCUT2D eigenvalue weighted by atomic mass is 10.2. The van der Waals surface area contributed by atoms with Gasteiger partial charge >= 0.3 is 12.6 Å². The minimum Gasteiger partial charge on any atom is -0.462 e. The molecule has 1 aromatic rings. The van der Waals surface area contributed by atoms with Crippen LogP contribution in [-0.4, -0.2) is 19.2 Å². The maximum absolute atomic E-state index is 13.0. The summed E-state index contributed by atoms with van der Waals surface area (Å²) >= 11 is 0. The van der Waals surface area contributed by atoms with E-state index >= 15 is 0 Å². The Morgan fingerprint density at radius 1 is 1.44 bits per heavy atom. The first-order chi connectivity index (χ1) is 7.54. The third-order valence-corrected chi connectivity index (χ3v) is 1.66. The molecule has 0 aliphatic rings. The molecule has 0 radical (unpaired) electrons. The summed E-state index contributed by atoms with van der Waals surface area (Å²) in [5.74, 6) is -2.37. The summed E-state index contributed by atoms with van der Waals surface area (Å²) in [6.45, 7) is -1.41. The van der Waals surface area contributed by atoms with Crippen LogP contribution in [0, 0.1) is 5.82 Å². The molecule has 6 heteroatoms. The van der Waals surface area contributed by atoms with Crippen molar-refractivity contribution in [3.8, 4) is 5.75 Å². The number of halogens is 3. The predicted octanol–water partition coefficient (Wildman–Crippen LogP) is 2.60. The molecular weight excluding hydrogens is 225 g/mol. The number of carbonyl (C=O) groups is 1. The fourth-order valence-corrected chi connectivity index (χ4v) is 1.03. The van der Waals surface area contributed by atoms with Crippen LogP contribution in [0.5, 0.6) is 5.75 Å². The van der Waals surface area contributed by atoms with Crippen molar-refractivity contribution >= 4 is 5.97 Å². The minimum absolute atomic E-state index is 0.0427. The summed E-state index contributed by atoms with van der Waals surface area (Å²) in [6.07, 6.45) is 0. The molecule has 16 heavy (non-hydrogen) atoms. The number of alkyl halides is 2. The molecule has 0 fully saturated rings. The third kappa shape index (κ3) is 3.15. The molecule has 1 rings (SSSR count). The highest BCUT2D eigenvalue weighted by atomic mass is 19.3. The van der Waals surface area contributed by atoms with Gasteiger partial charge in [-0.3, -0.25) is 0 Å². The number of ether oxygens (including phenoxy) is 2. The molecule has 0 bridgehead atoms. The number of esters is 1. The van der Waals surface area contributed by atoms with Crippen molar-refractivity contribution in [3.63, 3.8) is 0 Å². The fourth-order valence-electron chi connectivity index (χ4n) is 1.03. The lowest BCUT2D eigenvalue weighted by Gasteiger charge is -2.07. The molecule has 0 heterocycles. The van der Waals surface area contributed by atoms with Crippen LogP contribution in [0.2, 0.25) is 0 Å². The molecule has 0 N–H and O–H groups in total. The summed E-state index contributed by atoms with van der Waals surface area (Å²) in [6, 6.07) is 2.87. The third-order valence-electron chi connectivity index (χ3n) is 1.66. The predicted molar refractivity (Wildman–Crippen MR) is 49.0 cm³/mol.